The van der Waals surface area contributed by atoms with E-state index in [9.17, 15) is 9.59 Å². The molecule has 1 amide bonds. The monoisotopic (exact) mass is 290 g/mol. The second kappa shape index (κ2) is 5.31. The number of nitrogens with zero attached hydrogens (tertiary/aromatic N) is 4. The number of hydrogen-bond donors (Lipinski definition) is 0. The van der Waals surface area contributed by atoms with Gasteiger partial charge in [0.15, 0.2) is 5.52 Å². The van der Waals surface area contributed by atoms with E-state index in [2.05, 4.69) is 10.3 Å². The van der Waals surface area contributed by atoms with Crippen molar-refractivity contribution in [3.05, 3.63) is 21.8 Å². The highest BCUT2D eigenvalue weighted by Gasteiger charge is 2.19. The Labute approximate surface area is 121 Å². The van der Waals surface area contributed by atoms with Crippen LogP contribution in [0.3, 0.4) is 0 Å². The predicted molar refractivity (Wildman–Crippen MR) is 76.0 cm³/mol. The second-order valence-electron chi connectivity index (χ2n) is 5.41. The summed E-state index contributed by atoms with van der Waals surface area (Å²) in [6, 6.07) is 0. The zero-order valence-electron chi connectivity index (χ0n) is 12.3. The lowest BCUT2D eigenvalue weighted by molar-refractivity contribution is -0.130. The third kappa shape index (κ3) is 2.43. The lowest BCUT2D eigenvalue weighted by Crippen LogP contribution is -2.31. The van der Waals surface area contributed by atoms with Crippen molar-refractivity contribution in [3.8, 4) is 0 Å². The standard InChI is InChI=1S/C14H18N4O3/c1-9-12-10(2)21-16-13(12)14(20)18(15-9)8-5-11(19)17-6-3-4-7-17/h3-8H2,1-2H3. The van der Waals surface area contributed by atoms with Gasteiger partial charge in [-0.1, -0.05) is 5.16 Å². The Morgan fingerprint density at radius 2 is 2.00 bits per heavy atom. The first kappa shape index (κ1) is 13.8. The summed E-state index contributed by atoms with van der Waals surface area (Å²) in [6.45, 7) is 5.48. The molecule has 21 heavy (non-hydrogen) atoms. The number of fused-ring (bicyclic) bond motifs is 1. The van der Waals surface area contributed by atoms with Crippen molar-refractivity contribution in [1.29, 1.82) is 0 Å². The Bertz CT molecular complexity index is 740. The van der Waals surface area contributed by atoms with Gasteiger partial charge in [-0.3, -0.25) is 9.59 Å². The molecule has 0 spiro atoms. The zero-order valence-corrected chi connectivity index (χ0v) is 12.3. The maximum absolute atomic E-state index is 12.3. The Morgan fingerprint density at radius 1 is 1.29 bits per heavy atom. The van der Waals surface area contributed by atoms with E-state index in [0.717, 1.165) is 25.9 Å². The number of carbonyl (C=O) groups excluding carboxylic acids is 1. The van der Waals surface area contributed by atoms with Crippen LogP contribution in [0.2, 0.25) is 0 Å². The molecule has 7 nitrogen and oxygen atoms in total. The molecule has 0 aliphatic carbocycles. The molecule has 1 aliphatic rings. The molecule has 0 saturated carbocycles. The fourth-order valence-corrected chi connectivity index (χ4v) is 2.82. The third-order valence-corrected chi connectivity index (χ3v) is 3.93. The van der Waals surface area contributed by atoms with Crippen LogP contribution in [0.25, 0.3) is 10.9 Å². The molecule has 3 heterocycles. The first-order valence-electron chi connectivity index (χ1n) is 7.19. The second-order valence-corrected chi connectivity index (χ2v) is 5.41. The molecule has 3 rings (SSSR count). The quantitative estimate of drug-likeness (QED) is 0.842. The average Bonchev–Trinajstić information content (AvgIpc) is 3.10. The number of amides is 1. The zero-order chi connectivity index (χ0) is 15.0. The van der Waals surface area contributed by atoms with E-state index in [4.69, 9.17) is 4.52 Å². The lowest BCUT2D eigenvalue weighted by Gasteiger charge is -2.15. The molecule has 1 aliphatic heterocycles. The van der Waals surface area contributed by atoms with Gasteiger partial charge in [0, 0.05) is 19.5 Å². The van der Waals surface area contributed by atoms with E-state index < -0.39 is 0 Å². The first-order chi connectivity index (χ1) is 10.1. The molecular formula is C14H18N4O3. The van der Waals surface area contributed by atoms with Crippen molar-refractivity contribution in [3.63, 3.8) is 0 Å². The van der Waals surface area contributed by atoms with Crippen LogP contribution in [-0.4, -0.2) is 38.8 Å². The lowest BCUT2D eigenvalue weighted by atomic mass is 10.2. The van der Waals surface area contributed by atoms with Gasteiger partial charge in [-0.05, 0) is 26.7 Å². The van der Waals surface area contributed by atoms with Crippen LogP contribution in [0.1, 0.15) is 30.7 Å². The smallest absolute Gasteiger partial charge is 0.296 e. The normalized spacial score (nSPS) is 15.0. The van der Waals surface area contributed by atoms with Gasteiger partial charge in [0.25, 0.3) is 5.56 Å². The van der Waals surface area contributed by atoms with Gasteiger partial charge in [-0.2, -0.15) is 5.10 Å². The largest absolute Gasteiger partial charge is 0.360 e. The van der Waals surface area contributed by atoms with Gasteiger partial charge in [-0.15, -0.1) is 0 Å². The van der Waals surface area contributed by atoms with E-state index in [1.807, 2.05) is 11.8 Å². The van der Waals surface area contributed by atoms with Crippen molar-refractivity contribution < 1.29 is 9.32 Å². The van der Waals surface area contributed by atoms with Crippen LogP contribution in [0, 0.1) is 13.8 Å². The van der Waals surface area contributed by atoms with Gasteiger partial charge in [0.2, 0.25) is 5.91 Å². The van der Waals surface area contributed by atoms with Crippen LogP contribution in [0.4, 0.5) is 0 Å². The van der Waals surface area contributed by atoms with Crippen molar-refractivity contribution in [2.75, 3.05) is 13.1 Å². The number of aromatic nitrogens is 3. The fourth-order valence-electron chi connectivity index (χ4n) is 2.82. The highest BCUT2D eigenvalue weighted by atomic mass is 16.5. The molecule has 0 unspecified atom stereocenters. The number of rotatable bonds is 3. The summed E-state index contributed by atoms with van der Waals surface area (Å²) in [4.78, 5) is 26.2. The minimum Gasteiger partial charge on any atom is -0.360 e. The van der Waals surface area contributed by atoms with E-state index in [1.165, 1.54) is 4.68 Å². The van der Waals surface area contributed by atoms with Gasteiger partial charge in [0.05, 0.1) is 17.6 Å². The summed E-state index contributed by atoms with van der Waals surface area (Å²) >= 11 is 0. The number of carbonyl (C=O) groups is 1. The molecule has 2 aromatic heterocycles. The molecule has 1 saturated heterocycles. The van der Waals surface area contributed by atoms with Crippen molar-refractivity contribution in [2.45, 2.75) is 39.7 Å². The molecule has 1 fully saturated rings. The van der Waals surface area contributed by atoms with Crippen LogP contribution in [-0.2, 0) is 11.3 Å². The summed E-state index contributed by atoms with van der Waals surface area (Å²) < 4.78 is 6.37. The van der Waals surface area contributed by atoms with Crippen molar-refractivity contribution in [1.82, 2.24) is 19.8 Å². The molecule has 7 heteroatoms. The van der Waals surface area contributed by atoms with E-state index >= 15 is 0 Å². The van der Waals surface area contributed by atoms with Crippen molar-refractivity contribution >= 4 is 16.8 Å². The molecule has 0 aromatic carbocycles. The predicted octanol–water partition coefficient (Wildman–Crippen LogP) is 1.01. The maximum Gasteiger partial charge on any atom is 0.296 e. The van der Waals surface area contributed by atoms with Crippen LogP contribution in [0.5, 0.6) is 0 Å². The SMILES string of the molecule is Cc1nn(CCC(=O)N2CCCC2)c(=O)c2noc(C)c12. The molecule has 0 atom stereocenters. The molecule has 0 bridgehead atoms. The van der Waals surface area contributed by atoms with Crippen LogP contribution in [0.15, 0.2) is 9.32 Å². The van der Waals surface area contributed by atoms with Gasteiger partial charge in [0.1, 0.15) is 5.76 Å². The maximum atomic E-state index is 12.3. The molecule has 112 valence electrons. The van der Waals surface area contributed by atoms with Gasteiger partial charge >= 0.3 is 0 Å². The van der Waals surface area contributed by atoms with Gasteiger partial charge in [-0.25, -0.2) is 4.68 Å². The fraction of sp³-hybridized carbons (Fsp3) is 0.571. The van der Waals surface area contributed by atoms with Gasteiger partial charge < -0.3 is 9.42 Å². The molecular weight excluding hydrogens is 272 g/mol. The highest BCUT2D eigenvalue weighted by molar-refractivity contribution is 5.81. The minimum absolute atomic E-state index is 0.0790. The van der Waals surface area contributed by atoms with Crippen LogP contribution < -0.4 is 5.56 Å². The number of aryl methyl sites for hydroxylation is 3. The average molecular weight is 290 g/mol. The van der Waals surface area contributed by atoms with Crippen molar-refractivity contribution in [2.24, 2.45) is 0 Å². The van der Waals surface area contributed by atoms with E-state index in [0.29, 0.717) is 16.8 Å². The summed E-state index contributed by atoms with van der Waals surface area (Å²) in [5.41, 5.74) is 0.673. The Hall–Kier alpha value is -2.18. The van der Waals surface area contributed by atoms with Crippen LogP contribution >= 0.6 is 0 Å². The van der Waals surface area contributed by atoms with E-state index in [-0.39, 0.29) is 29.9 Å². The molecule has 0 radical (unpaired) electrons. The Balaban J connectivity index is 1.82. The molecule has 0 N–H and O–H groups in total. The highest BCUT2D eigenvalue weighted by Crippen LogP contribution is 2.16. The Morgan fingerprint density at radius 3 is 2.71 bits per heavy atom. The Kier molecular flexibility index (Phi) is 3.48. The minimum atomic E-state index is -0.304. The number of hydrogen-bond acceptors (Lipinski definition) is 5. The molecule has 2 aromatic rings. The summed E-state index contributed by atoms with van der Waals surface area (Å²) in [5.74, 6) is 0.669. The topological polar surface area (TPSA) is 81.2 Å². The van der Waals surface area contributed by atoms with E-state index in [1.54, 1.807) is 6.92 Å². The third-order valence-electron chi connectivity index (χ3n) is 3.93. The number of likely N-dealkylation sites (tertiary alicyclic amines) is 1. The first-order valence-corrected chi connectivity index (χ1v) is 7.19. The summed E-state index contributed by atoms with van der Waals surface area (Å²) in [7, 11) is 0. The summed E-state index contributed by atoms with van der Waals surface area (Å²) in [6.07, 6.45) is 2.41. The summed E-state index contributed by atoms with van der Waals surface area (Å²) in [5, 5.41) is 8.73.